The largest absolute Gasteiger partial charge is 0.310 e. The maximum atomic E-state index is 2.52. The molecule has 0 spiro atoms. The van der Waals surface area contributed by atoms with Gasteiger partial charge in [-0.15, -0.1) is 0 Å². The Morgan fingerprint density at radius 3 is 1.89 bits per heavy atom. The standard InChI is InChI=1S/C51H35N3/c1-51(2)41-22-9-6-18-36(41)37-27-26-35(31-42(37)51)52(34-17-12-16-33(30-34)32-14-4-3-5-15-32)45-28-29-47-50-48(45)40-20-8-11-24-44(40)54(50)46-25-13-21-39-38-19-7-10-23-43(38)53(47)49(39)46/h3-31H,1-2H3. The fourth-order valence-electron chi connectivity index (χ4n) is 9.82. The van der Waals surface area contributed by atoms with Gasteiger partial charge in [0.1, 0.15) is 0 Å². The normalized spacial score (nSPS) is 13.5. The summed E-state index contributed by atoms with van der Waals surface area (Å²) in [6.07, 6.45) is 0. The van der Waals surface area contributed by atoms with Crippen LogP contribution < -0.4 is 4.90 Å². The number of hydrogen-bond donors (Lipinski definition) is 0. The molecule has 3 aromatic heterocycles. The Bertz CT molecular complexity index is 3310. The smallest absolute Gasteiger partial charge is 0.0804 e. The number of rotatable bonds is 4. The maximum Gasteiger partial charge on any atom is 0.0804 e. The molecule has 0 aliphatic heterocycles. The fourth-order valence-corrected chi connectivity index (χ4v) is 9.82. The summed E-state index contributed by atoms with van der Waals surface area (Å²) in [5.41, 5.74) is 18.5. The molecule has 12 rings (SSSR count). The Morgan fingerprint density at radius 1 is 0.407 bits per heavy atom. The van der Waals surface area contributed by atoms with E-state index in [1.165, 1.54) is 88.0 Å². The van der Waals surface area contributed by atoms with Gasteiger partial charge in [-0.1, -0.05) is 135 Å². The Hall–Kier alpha value is -6.84. The molecule has 0 amide bonds. The van der Waals surface area contributed by atoms with Gasteiger partial charge in [-0.25, -0.2) is 0 Å². The van der Waals surface area contributed by atoms with Gasteiger partial charge in [-0.2, -0.15) is 0 Å². The van der Waals surface area contributed by atoms with Crippen LogP contribution in [0.2, 0.25) is 0 Å². The van der Waals surface area contributed by atoms with E-state index >= 15 is 0 Å². The summed E-state index contributed by atoms with van der Waals surface area (Å²) in [6, 6.07) is 65.1. The molecular formula is C51H35N3. The Labute approximate surface area is 312 Å². The monoisotopic (exact) mass is 689 g/mol. The van der Waals surface area contributed by atoms with Gasteiger partial charge < -0.3 is 13.7 Å². The SMILES string of the molecule is CC1(C)c2ccccc2-c2ccc(N(c3cccc(-c4ccccc4)c3)c3ccc4c5c3c3ccccc3n5c3cccc5c6ccccc6n4c53)cc21. The molecule has 0 radical (unpaired) electrons. The van der Waals surface area contributed by atoms with Crippen molar-refractivity contribution in [3.8, 4) is 22.3 Å². The third-order valence-corrected chi connectivity index (χ3v) is 12.2. The minimum atomic E-state index is -0.125. The van der Waals surface area contributed by atoms with Gasteiger partial charge in [-0.05, 0) is 88.0 Å². The van der Waals surface area contributed by atoms with Crippen LogP contribution in [0.3, 0.4) is 0 Å². The highest BCUT2D eigenvalue weighted by Crippen LogP contribution is 2.52. The first-order valence-corrected chi connectivity index (χ1v) is 18.9. The number of benzene rings is 8. The van der Waals surface area contributed by atoms with Crippen molar-refractivity contribution in [2.75, 3.05) is 4.90 Å². The molecule has 0 fully saturated rings. The van der Waals surface area contributed by atoms with Gasteiger partial charge in [0.05, 0.1) is 38.8 Å². The molecule has 0 N–H and O–H groups in total. The molecule has 0 bridgehead atoms. The van der Waals surface area contributed by atoms with Gasteiger partial charge in [0.2, 0.25) is 0 Å². The predicted octanol–water partition coefficient (Wildman–Crippen LogP) is 13.7. The molecule has 54 heavy (non-hydrogen) atoms. The lowest BCUT2D eigenvalue weighted by Gasteiger charge is -2.29. The lowest BCUT2D eigenvalue weighted by atomic mass is 9.82. The quantitative estimate of drug-likeness (QED) is 0.168. The van der Waals surface area contributed by atoms with Crippen LogP contribution in [-0.4, -0.2) is 8.80 Å². The molecule has 0 unspecified atom stereocenters. The average Bonchev–Trinajstić information content (AvgIpc) is 3.83. The Morgan fingerprint density at radius 2 is 1.02 bits per heavy atom. The first-order chi connectivity index (χ1) is 26.6. The molecule has 3 nitrogen and oxygen atoms in total. The second kappa shape index (κ2) is 10.6. The van der Waals surface area contributed by atoms with E-state index in [0.717, 1.165) is 17.1 Å². The third-order valence-electron chi connectivity index (χ3n) is 12.2. The van der Waals surface area contributed by atoms with Gasteiger partial charge in [0.15, 0.2) is 0 Å². The Balaban J connectivity index is 1.21. The van der Waals surface area contributed by atoms with Crippen molar-refractivity contribution in [3.63, 3.8) is 0 Å². The highest BCUT2D eigenvalue weighted by Gasteiger charge is 2.36. The van der Waals surface area contributed by atoms with Crippen LogP contribution in [0.5, 0.6) is 0 Å². The van der Waals surface area contributed by atoms with E-state index in [1.807, 2.05) is 0 Å². The van der Waals surface area contributed by atoms with E-state index < -0.39 is 0 Å². The molecule has 0 atom stereocenters. The summed E-state index contributed by atoms with van der Waals surface area (Å²) in [7, 11) is 0. The molecule has 11 aromatic rings. The van der Waals surface area contributed by atoms with E-state index in [1.54, 1.807) is 0 Å². The van der Waals surface area contributed by atoms with E-state index in [4.69, 9.17) is 0 Å². The third kappa shape index (κ3) is 3.80. The Kier molecular flexibility index (Phi) is 5.84. The topological polar surface area (TPSA) is 12.1 Å². The molecule has 0 saturated heterocycles. The van der Waals surface area contributed by atoms with Gasteiger partial charge in [-0.3, -0.25) is 0 Å². The maximum absolute atomic E-state index is 2.52. The van der Waals surface area contributed by atoms with Crippen molar-refractivity contribution < 1.29 is 0 Å². The molecule has 3 heterocycles. The number of para-hydroxylation sites is 3. The van der Waals surface area contributed by atoms with Crippen molar-refractivity contribution in [1.82, 2.24) is 8.80 Å². The molecule has 1 aliphatic carbocycles. The number of fused-ring (bicyclic) bond motifs is 11. The summed E-state index contributed by atoms with van der Waals surface area (Å²) in [5.74, 6) is 0. The molecular weight excluding hydrogens is 655 g/mol. The first kappa shape index (κ1) is 29.7. The first-order valence-electron chi connectivity index (χ1n) is 18.9. The van der Waals surface area contributed by atoms with Crippen LogP contribution in [0.1, 0.15) is 25.0 Å². The summed E-state index contributed by atoms with van der Waals surface area (Å²) in [5, 5.41) is 5.05. The zero-order valence-electron chi connectivity index (χ0n) is 30.1. The van der Waals surface area contributed by atoms with E-state index in [2.05, 4.69) is 203 Å². The zero-order valence-corrected chi connectivity index (χ0v) is 30.1. The predicted molar refractivity (Wildman–Crippen MR) is 227 cm³/mol. The minimum Gasteiger partial charge on any atom is -0.310 e. The average molecular weight is 690 g/mol. The van der Waals surface area contributed by atoms with Crippen LogP contribution in [0.4, 0.5) is 17.1 Å². The molecule has 8 aromatic carbocycles. The number of hydrogen-bond acceptors (Lipinski definition) is 1. The van der Waals surface area contributed by atoms with Crippen molar-refractivity contribution in [3.05, 3.63) is 187 Å². The van der Waals surface area contributed by atoms with Crippen LogP contribution in [0, 0.1) is 0 Å². The van der Waals surface area contributed by atoms with Crippen molar-refractivity contribution in [2.45, 2.75) is 19.3 Å². The summed E-state index contributed by atoms with van der Waals surface area (Å²) in [4.78, 5) is 2.51. The molecule has 254 valence electrons. The second-order valence-electron chi connectivity index (χ2n) is 15.4. The number of nitrogens with zero attached hydrogens (tertiary/aromatic N) is 3. The fraction of sp³-hybridized carbons (Fsp3) is 0.0588. The summed E-state index contributed by atoms with van der Waals surface area (Å²) in [6.45, 7) is 4.74. The second-order valence-corrected chi connectivity index (χ2v) is 15.4. The highest BCUT2D eigenvalue weighted by molar-refractivity contribution is 6.25. The van der Waals surface area contributed by atoms with Gasteiger partial charge in [0.25, 0.3) is 0 Å². The lowest BCUT2D eigenvalue weighted by Crippen LogP contribution is -2.16. The van der Waals surface area contributed by atoms with E-state index in [-0.39, 0.29) is 5.41 Å². The van der Waals surface area contributed by atoms with Crippen molar-refractivity contribution >= 4 is 71.7 Å². The van der Waals surface area contributed by atoms with Crippen molar-refractivity contribution in [1.29, 1.82) is 0 Å². The highest BCUT2D eigenvalue weighted by atomic mass is 15.1. The molecule has 3 heteroatoms. The molecule has 1 aliphatic rings. The summed E-state index contributed by atoms with van der Waals surface area (Å²) < 4.78 is 5.02. The van der Waals surface area contributed by atoms with Gasteiger partial charge in [0, 0.05) is 38.3 Å². The van der Waals surface area contributed by atoms with E-state index in [0.29, 0.717) is 0 Å². The van der Waals surface area contributed by atoms with Gasteiger partial charge >= 0.3 is 0 Å². The van der Waals surface area contributed by atoms with Crippen LogP contribution in [0.25, 0.3) is 76.9 Å². The zero-order chi connectivity index (χ0) is 35.7. The number of aromatic nitrogens is 2. The lowest BCUT2D eigenvalue weighted by molar-refractivity contribution is 0.660. The van der Waals surface area contributed by atoms with E-state index in [9.17, 15) is 0 Å². The minimum absolute atomic E-state index is 0.125. The number of anilines is 3. The summed E-state index contributed by atoms with van der Waals surface area (Å²) >= 11 is 0. The van der Waals surface area contributed by atoms with Crippen LogP contribution in [-0.2, 0) is 5.41 Å². The van der Waals surface area contributed by atoms with Crippen LogP contribution >= 0.6 is 0 Å². The molecule has 0 saturated carbocycles. The van der Waals surface area contributed by atoms with Crippen LogP contribution in [0.15, 0.2) is 176 Å². The van der Waals surface area contributed by atoms with Crippen molar-refractivity contribution in [2.24, 2.45) is 0 Å².